The van der Waals surface area contributed by atoms with Gasteiger partial charge in [0.25, 0.3) is 0 Å². The maximum atomic E-state index is 6.71. The summed E-state index contributed by atoms with van der Waals surface area (Å²) >= 11 is 0. The molecule has 3 fully saturated rings. The van der Waals surface area contributed by atoms with E-state index in [1.165, 1.54) is 57.1 Å². The van der Waals surface area contributed by atoms with Crippen molar-refractivity contribution in [2.75, 3.05) is 0 Å². The summed E-state index contributed by atoms with van der Waals surface area (Å²) in [6, 6.07) is 0.707. The smallest absolute Gasteiger partial charge is 0.100 e. The molecule has 0 radical (unpaired) electrons. The normalized spacial score (nSPS) is 48.6. The molecule has 2 heteroatoms. The van der Waals surface area contributed by atoms with Gasteiger partial charge in [-0.1, -0.05) is 39.5 Å². The summed E-state index contributed by atoms with van der Waals surface area (Å²) in [7, 11) is 0. The Kier molecular flexibility index (Phi) is 4.00. The molecule has 2 aliphatic carbocycles. The van der Waals surface area contributed by atoms with Crippen LogP contribution in [0.1, 0.15) is 72.1 Å². The highest BCUT2D eigenvalue weighted by atomic mass is 16.5. The maximum Gasteiger partial charge on any atom is 0.100 e. The summed E-state index contributed by atoms with van der Waals surface area (Å²) in [4.78, 5) is 0. The van der Waals surface area contributed by atoms with Gasteiger partial charge in [0.1, 0.15) is 6.10 Å². The second kappa shape index (κ2) is 5.85. The van der Waals surface area contributed by atoms with E-state index in [9.17, 15) is 0 Å². The van der Waals surface area contributed by atoms with Gasteiger partial charge in [0.2, 0.25) is 0 Å². The Balaban J connectivity index is 1.57. The fraction of sp³-hybridized carbons (Fsp3) is 0.900. The van der Waals surface area contributed by atoms with E-state index in [1.54, 1.807) is 5.57 Å². The van der Waals surface area contributed by atoms with Gasteiger partial charge in [0.15, 0.2) is 0 Å². The predicted molar refractivity (Wildman–Crippen MR) is 90.5 cm³/mol. The molecule has 4 unspecified atom stereocenters. The quantitative estimate of drug-likeness (QED) is 0.761. The average Bonchev–Trinajstić information content (AvgIpc) is 2.88. The number of rotatable bonds is 1. The summed E-state index contributed by atoms with van der Waals surface area (Å²) in [6.45, 7) is 7.30. The second-order valence-electron chi connectivity index (χ2n) is 8.50. The van der Waals surface area contributed by atoms with Crippen LogP contribution in [0.25, 0.3) is 0 Å². The Morgan fingerprint density at radius 3 is 2.45 bits per heavy atom. The minimum atomic E-state index is 0.333. The Hall–Kier alpha value is -0.500. The van der Waals surface area contributed by atoms with Gasteiger partial charge in [-0.05, 0) is 55.9 Å². The molecular weight excluding hydrogens is 270 g/mol. The summed E-state index contributed by atoms with van der Waals surface area (Å²) < 4.78 is 6.71. The van der Waals surface area contributed by atoms with Crippen LogP contribution in [0.2, 0.25) is 0 Å². The number of nitrogens with one attached hydrogen (secondary N) is 1. The van der Waals surface area contributed by atoms with Crippen LogP contribution in [-0.2, 0) is 4.74 Å². The van der Waals surface area contributed by atoms with Crippen LogP contribution < -0.4 is 5.32 Å². The molecule has 0 spiro atoms. The van der Waals surface area contributed by atoms with E-state index >= 15 is 0 Å². The van der Waals surface area contributed by atoms with Crippen LogP contribution in [0.3, 0.4) is 0 Å². The van der Waals surface area contributed by atoms with Crippen molar-refractivity contribution in [1.82, 2.24) is 5.32 Å². The van der Waals surface area contributed by atoms with Crippen LogP contribution >= 0.6 is 0 Å². The lowest BCUT2D eigenvalue weighted by molar-refractivity contribution is -0.138. The molecule has 0 aromatic rings. The highest BCUT2D eigenvalue weighted by Gasteiger charge is 2.46. The highest BCUT2D eigenvalue weighted by molar-refractivity contribution is 5.28. The molecule has 2 heterocycles. The lowest BCUT2D eigenvalue weighted by Crippen LogP contribution is -2.49. The van der Waals surface area contributed by atoms with Crippen molar-refractivity contribution in [3.8, 4) is 0 Å². The van der Waals surface area contributed by atoms with Crippen molar-refractivity contribution in [2.24, 2.45) is 23.7 Å². The van der Waals surface area contributed by atoms with Crippen molar-refractivity contribution < 1.29 is 4.74 Å². The minimum absolute atomic E-state index is 0.333. The Morgan fingerprint density at radius 2 is 1.64 bits per heavy atom. The standard InChI is InChI=1S/C20H33NO/c1-12-13(2)20(22-18-11-7-5-9-16(12)18)19-14(3)15-8-4-6-10-17(15)21-19/h12-13,15-18,20-21H,4-11H2,1-3H3/t12-,13+,15?,16?,17?,18?,20+/m0/s1. The number of hydrogen-bond donors (Lipinski definition) is 1. The van der Waals surface area contributed by atoms with E-state index in [0.29, 0.717) is 24.2 Å². The molecule has 2 aliphatic heterocycles. The molecule has 124 valence electrons. The first-order chi connectivity index (χ1) is 10.7. The third-order valence-corrected chi connectivity index (χ3v) is 7.43. The van der Waals surface area contributed by atoms with Gasteiger partial charge < -0.3 is 10.1 Å². The number of hydrogen-bond acceptors (Lipinski definition) is 2. The summed E-state index contributed by atoms with van der Waals surface area (Å²) in [5.41, 5.74) is 3.11. The minimum Gasteiger partial charge on any atom is -0.383 e. The highest BCUT2D eigenvalue weighted by Crippen LogP contribution is 2.46. The number of ether oxygens (including phenoxy) is 1. The molecular formula is C20H33NO. The van der Waals surface area contributed by atoms with E-state index < -0.39 is 0 Å². The zero-order valence-corrected chi connectivity index (χ0v) is 14.6. The Morgan fingerprint density at radius 1 is 0.909 bits per heavy atom. The van der Waals surface area contributed by atoms with Crippen LogP contribution in [0.4, 0.5) is 0 Å². The molecule has 0 aromatic heterocycles. The summed E-state index contributed by atoms with van der Waals surface area (Å²) in [5, 5.41) is 3.91. The first kappa shape index (κ1) is 15.1. The molecule has 0 bridgehead atoms. The van der Waals surface area contributed by atoms with Gasteiger partial charge in [-0.2, -0.15) is 0 Å². The topological polar surface area (TPSA) is 21.3 Å². The van der Waals surface area contributed by atoms with E-state index in [4.69, 9.17) is 4.74 Å². The zero-order chi connectivity index (χ0) is 15.3. The van der Waals surface area contributed by atoms with E-state index in [1.807, 2.05) is 0 Å². The SMILES string of the molecule is CC1=C([C@@H]2OC3CCCCC3[C@@H](C)[C@H]2C)NC2CCCCC12. The lowest BCUT2D eigenvalue weighted by atomic mass is 9.69. The van der Waals surface area contributed by atoms with E-state index in [2.05, 4.69) is 26.1 Å². The summed E-state index contributed by atoms with van der Waals surface area (Å²) in [6.07, 6.45) is 11.9. The number of fused-ring (bicyclic) bond motifs is 2. The van der Waals surface area contributed by atoms with Crippen molar-refractivity contribution in [3.05, 3.63) is 11.3 Å². The second-order valence-corrected chi connectivity index (χ2v) is 8.50. The molecule has 2 saturated carbocycles. The van der Waals surface area contributed by atoms with Crippen molar-refractivity contribution in [3.63, 3.8) is 0 Å². The average molecular weight is 303 g/mol. The van der Waals surface area contributed by atoms with Crippen LogP contribution in [-0.4, -0.2) is 18.2 Å². The molecule has 4 aliphatic rings. The van der Waals surface area contributed by atoms with E-state index in [-0.39, 0.29) is 0 Å². The molecule has 1 saturated heterocycles. The molecule has 4 rings (SSSR count). The third kappa shape index (κ3) is 2.33. The van der Waals surface area contributed by atoms with Crippen molar-refractivity contribution in [1.29, 1.82) is 0 Å². The van der Waals surface area contributed by atoms with Gasteiger partial charge in [-0.3, -0.25) is 0 Å². The van der Waals surface area contributed by atoms with E-state index in [0.717, 1.165) is 17.8 Å². The third-order valence-electron chi connectivity index (χ3n) is 7.43. The Bertz CT molecular complexity index is 455. The predicted octanol–water partition coefficient (Wildman–Crippen LogP) is 4.65. The van der Waals surface area contributed by atoms with Crippen molar-refractivity contribution in [2.45, 2.75) is 90.4 Å². The van der Waals surface area contributed by atoms with Gasteiger partial charge in [-0.15, -0.1) is 0 Å². The zero-order valence-electron chi connectivity index (χ0n) is 14.6. The molecule has 2 nitrogen and oxygen atoms in total. The van der Waals surface area contributed by atoms with Crippen LogP contribution in [0.5, 0.6) is 0 Å². The van der Waals surface area contributed by atoms with Crippen LogP contribution in [0, 0.1) is 23.7 Å². The van der Waals surface area contributed by atoms with Gasteiger partial charge >= 0.3 is 0 Å². The fourth-order valence-corrected chi connectivity index (χ4v) is 5.85. The lowest BCUT2D eigenvalue weighted by Gasteiger charge is -2.48. The first-order valence-corrected chi connectivity index (χ1v) is 9.79. The molecule has 0 amide bonds. The van der Waals surface area contributed by atoms with Crippen molar-refractivity contribution >= 4 is 0 Å². The Labute approximate surface area is 136 Å². The monoisotopic (exact) mass is 303 g/mol. The van der Waals surface area contributed by atoms with Gasteiger partial charge in [-0.25, -0.2) is 0 Å². The molecule has 1 N–H and O–H groups in total. The maximum absolute atomic E-state index is 6.71. The fourth-order valence-electron chi connectivity index (χ4n) is 5.85. The van der Waals surface area contributed by atoms with Gasteiger partial charge in [0, 0.05) is 17.7 Å². The largest absolute Gasteiger partial charge is 0.383 e. The molecule has 0 aromatic carbocycles. The first-order valence-electron chi connectivity index (χ1n) is 9.79. The molecule has 22 heavy (non-hydrogen) atoms. The van der Waals surface area contributed by atoms with Crippen LogP contribution in [0.15, 0.2) is 11.3 Å². The summed E-state index contributed by atoms with van der Waals surface area (Å²) in [5.74, 6) is 3.05. The molecule has 7 atom stereocenters. The van der Waals surface area contributed by atoms with Gasteiger partial charge in [0.05, 0.1) is 6.10 Å².